The van der Waals surface area contributed by atoms with Gasteiger partial charge in [0.05, 0.1) is 16.8 Å². The molecule has 3 heterocycles. The molecular formula is C26H22ClFN4S. The number of hydrogen-bond acceptors (Lipinski definition) is 2. The maximum atomic E-state index is 13.8. The largest absolute Gasteiger partial charge is 0.351 e. The van der Waals surface area contributed by atoms with E-state index in [1.54, 1.807) is 18.3 Å². The van der Waals surface area contributed by atoms with Crippen molar-refractivity contribution in [3.63, 3.8) is 0 Å². The van der Waals surface area contributed by atoms with Crippen molar-refractivity contribution in [2.24, 2.45) is 0 Å². The first kappa shape index (κ1) is 21.6. The molecule has 2 aromatic heterocycles. The molecule has 2 aromatic carbocycles. The lowest BCUT2D eigenvalue weighted by molar-refractivity contribution is 0.549. The third kappa shape index (κ3) is 4.01. The highest BCUT2D eigenvalue weighted by Gasteiger charge is 2.42. The summed E-state index contributed by atoms with van der Waals surface area (Å²) in [6, 6.07) is 22.7. The second-order valence-corrected chi connectivity index (χ2v) is 8.71. The van der Waals surface area contributed by atoms with Gasteiger partial charge in [-0.25, -0.2) is 4.39 Å². The van der Waals surface area contributed by atoms with Gasteiger partial charge >= 0.3 is 0 Å². The maximum absolute atomic E-state index is 13.8. The third-order valence-electron chi connectivity index (χ3n) is 5.99. The summed E-state index contributed by atoms with van der Waals surface area (Å²) in [5.74, 6) is -0.443. The Balaban J connectivity index is 1.65. The van der Waals surface area contributed by atoms with Crippen molar-refractivity contribution >= 4 is 34.6 Å². The van der Waals surface area contributed by atoms with Crippen LogP contribution in [0.1, 0.15) is 36.0 Å². The first-order valence-corrected chi connectivity index (χ1v) is 11.6. The molecule has 1 N–H and O–H groups in total. The Morgan fingerprint density at radius 3 is 2.52 bits per heavy atom. The number of nitrogens with zero attached hydrogens (tertiary/aromatic N) is 3. The van der Waals surface area contributed by atoms with E-state index in [1.807, 2.05) is 35.0 Å². The number of nitrogens with one attached hydrogen (secondary N) is 1. The van der Waals surface area contributed by atoms with Crippen LogP contribution in [0.4, 0.5) is 10.1 Å². The molecule has 5 rings (SSSR count). The molecule has 0 aliphatic carbocycles. The number of aryl methyl sites for hydroxylation is 1. The van der Waals surface area contributed by atoms with Crippen molar-refractivity contribution in [2.45, 2.75) is 25.4 Å². The highest BCUT2D eigenvalue weighted by atomic mass is 35.5. The molecule has 0 amide bonds. The maximum Gasteiger partial charge on any atom is 0.174 e. The Bertz CT molecular complexity index is 1290. The van der Waals surface area contributed by atoms with Crippen molar-refractivity contribution < 1.29 is 4.39 Å². The van der Waals surface area contributed by atoms with Gasteiger partial charge in [-0.05, 0) is 78.8 Å². The van der Waals surface area contributed by atoms with Gasteiger partial charge < -0.3 is 14.8 Å². The SMILES string of the molecule is CCc1ccc(N2C(=S)N[C@@H](c3ccccn3)[C@H]2c2cccn2-c2ccc(F)c(Cl)c2)cc1. The van der Waals surface area contributed by atoms with Gasteiger partial charge in [0, 0.05) is 29.5 Å². The molecule has 4 nitrogen and oxygen atoms in total. The minimum Gasteiger partial charge on any atom is -0.351 e. The molecule has 0 saturated carbocycles. The Hall–Kier alpha value is -3.22. The summed E-state index contributed by atoms with van der Waals surface area (Å²) in [5, 5.41) is 4.19. The highest BCUT2D eigenvalue weighted by molar-refractivity contribution is 7.80. The first-order chi connectivity index (χ1) is 16.1. The quantitative estimate of drug-likeness (QED) is 0.338. The van der Waals surface area contributed by atoms with Crippen molar-refractivity contribution in [1.29, 1.82) is 0 Å². The van der Waals surface area contributed by atoms with Crippen molar-refractivity contribution in [1.82, 2.24) is 14.9 Å². The Morgan fingerprint density at radius 1 is 1.03 bits per heavy atom. The van der Waals surface area contributed by atoms with Crippen molar-refractivity contribution in [2.75, 3.05) is 4.90 Å². The van der Waals surface area contributed by atoms with Crippen LogP contribution in [-0.4, -0.2) is 14.7 Å². The fraction of sp³-hybridized carbons (Fsp3) is 0.154. The van der Waals surface area contributed by atoms with E-state index in [-0.39, 0.29) is 17.1 Å². The summed E-state index contributed by atoms with van der Waals surface area (Å²) in [7, 11) is 0. The zero-order chi connectivity index (χ0) is 22.9. The van der Waals surface area contributed by atoms with Crippen molar-refractivity contribution in [3.05, 3.63) is 113 Å². The van der Waals surface area contributed by atoms with Gasteiger partial charge in [0.1, 0.15) is 11.9 Å². The van der Waals surface area contributed by atoms with Gasteiger partial charge in [-0.3, -0.25) is 4.98 Å². The molecule has 2 atom stereocenters. The molecule has 7 heteroatoms. The van der Waals surface area contributed by atoms with E-state index in [0.717, 1.165) is 29.2 Å². The fourth-order valence-corrected chi connectivity index (χ4v) is 4.85. The van der Waals surface area contributed by atoms with E-state index in [1.165, 1.54) is 11.6 Å². The fourth-order valence-electron chi connectivity index (χ4n) is 4.33. The van der Waals surface area contributed by atoms with Gasteiger partial charge in [-0.15, -0.1) is 0 Å². The molecule has 33 heavy (non-hydrogen) atoms. The molecule has 0 radical (unpaired) electrons. The molecule has 1 aliphatic heterocycles. The van der Waals surface area contributed by atoms with Crippen LogP contribution < -0.4 is 10.2 Å². The standard InChI is InChI=1S/C26H22ClFN4S/c1-2-17-8-10-18(11-9-17)32-25(24(30-26(32)33)22-6-3-4-14-29-22)23-7-5-15-31(23)19-12-13-21(28)20(27)16-19/h3-16,24-25H,2H2,1H3,(H,30,33)/t24-,25+/m0/s1. The van der Waals surface area contributed by atoms with Gasteiger partial charge in [-0.1, -0.05) is 36.7 Å². The van der Waals surface area contributed by atoms with Crippen LogP contribution in [0, 0.1) is 5.82 Å². The predicted octanol–water partition coefficient (Wildman–Crippen LogP) is 6.40. The van der Waals surface area contributed by atoms with E-state index >= 15 is 0 Å². The zero-order valence-electron chi connectivity index (χ0n) is 18.0. The number of anilines is 1. The Morgan fingerprint density at radius 2 is 1.82 bits per heavy atom. The molecule has 0 unspecified atom stereocenters. The zero-order valence-corrected chi connectivity index (χ0v) is 19.5. The normalized spacial score (nSPS) is 17.9. The lowest BCUT2D eigenvalue weighted by atomic mass is 10.0. The second kappa shape index (κ2) is 8.96. The Kier molecular flexibility index (Phi) is 5.87. The molecular weight excluding hydrogens is 455 g/mol. The van der Waals surface area contributed by atoms with Crippen LogP contribution in [-0.2, 0) is 6.42 Å². The van der Waals surface area contributed by atoms with Crippen LogP contribution in [0.5, 0.6) is 0 Å². The van der Waals surface area contributed by atoms with Gasteiger partial charge in [-0.2, -0.15) is 0 Å². The molecule has 166 valence electrons. The van der Waals surface area contributed by atoms with Gasteiger partial charge in [0.15, 0.2) is 5.11 Å². The molecule has 4 aromatic rings. The number of hydrogen-bond donors (Lipinski definition) is 1. The minimum atomic E-state index is -0.443. The van der Waals surface area contributed by atoms with E-state index in [2.05, 4.69) is 52.5 Å². The van der Waals surface area contributed by atoms with Crippen LogP contribution in [0.25, 0.3) is 5.69 Å². The number of halogens is 2. The van der Waals surface area contributed by atoms with E-state index in [4.69, 9.17) is 23.8 Å². The Labute approximate surface area is 202 Å². The average Bonchev–Trinajstić information content (AvgIpc) is 3.46. The van der Waals surface area contributed by atoms with E-state index in [9.17, 15) is 4.39 Å². The molecule has 1 fully saturated rings. The minimum absolute atomic E-state index is 0.0838. The summed E-state index contributed by atoms with van der Waals surface area (Å²) in [4.78, 5) is 6.74. The molecule has 1 aliphatic rings. The smallest absolute Gasteiger partial charge is 0.174 e. The van der Waals surface area contributed by atoms with E-state index < -0.39 is 5.82 Å². The number of rotatable bonds is 5. The lowest BCUT2D eigenvalue weighted by Gasteiger charge is -2.29. The number of pyridine rings is 1. The highest BCUT2D eigenvalue weighted by Crippen LogP contribution is 2.42. The summed E-state index contributed by atoms with van der Waals surface area (Å²) < 4.78 is 15.9. The van der Waals surface area contributed by atoms with Crippen LogP contribution >= 0.6 is 23.8 Å². The summed E-state index contributed by atoms with van der Waals surface area (Å²) in [6.07, 6.45) is 4.71. The third-order valence-corrected chi connectivity index (χ3v) is 6.59. The average molecular weight is 477 g/mol. The van der Waals surface area contributed by atoms with Crippen molar-refractivity contribution in [3.8, 4) is 5.69 Å². The monoisotopic (exact) mass is 476 g/mol. The second-order valence-electron chi connectivity index (χ2n) is 7.92. The van der Waals surface area contributed by atoms with Crippen LogP contribution in [0.3, 0.4) is 0 Å². The number of thiocarbonyl (C=S) groups is 1. The molecule has 1 saturated heterocycles. The lowest BCUT2D eigenvalue weighted by Crippen LogP contribution is -2.30. The van der Waals surface area contributed by atoms with Gasteiger partial charge in [0.2, 0.25) is 0 Å². The van der Waals surface area contributed by atoms with E-state index in [0.29, 0.717) is 5.11 Å². The van der Waals surface area contributed by atoms with Gasteiger partial charge in [0.25, 0.3) is 0 Å². The number of aromatic nitrogens is 2. The van der Waals surface area contributed by atoms with Crippen LogP contribution in [0.15, 0.2) is 85.2 Å². The van der Waals surface area contributed by atoms with Crippen LogP contribution in [0.2, 0.25) is 5.02 Å². The summed E-state index contributed by atoms with van der Waals surface area (Å²) in [5.41, 5.74) is 4.92. The predicted molar refractivity (Wildman–Crippen MR) is 134 cm³/mol. The molecule has 0 spiro atoms. The number of benzene rings is 2. The summed E-state index contributed by atoms with van der Waals surface area (Å²) in [6.45, 7) is 2.14. The molecule has 0 bridgehead atoms. The summed E-state index contributed by atoms with van der Waals surface area (Å²) >= 11 is 11.9. The topological polar surface area (TPSA) is 33.1 Å². The first-order valence-electron chi connectivity index (χ1n) is 10.8.